The first-order valence-corrected chi connectivity index (χ1v) is 7.91. The Morgan fingerprint density at radius 2 is 2.15 bits per heavy atom. The summed E-state index contributed by atoms with van der Waals surface area (Å²) >= 11 is 0. The average molecular weight is 277 g/mol. The Morgan fingerprint density at radius 1 is 1.35 bits per heavy atom. The van der Waals surface area contributed by atoms with Gasteiger partial charge in [0.2, 0.25) is 0 Å². The zero-order chi connectivity index (χ0) is 14.2. The van der Waals surface area contributed by atoms with Crippen LogP contribution >= 0.6 is 0 Å². The van der Waals surface area contributed by atoms with Gasteiger partial charge in [-0.1, -0.05) is 19.3 Å². The zero-order valence-corrected chi connectivity index (χ0v) is 12.6. The Bertz CT molecular complexity index is 391. The van der Waals surface area contributed by atoms with Gasteiger partial charge in [0.25, 0.3) is 0 Å². The molecule has 1 heterocycles. The maximum absolute atomic E-state index is 5.75. The molecule has 112 valence electrons. The van der Waals surface area contributed by atoms with E-state index < -0.39 is 0 Å². The fraction of sp³-hybridized carbons (Fsp3) is 0.688. The molecular weight excluding hydrogens is 250 g/mol. The summed E-state index contributed by atoms with van der Waals surface area (Å²) in [5.41, 5.74) is 5.70. The average Bonchev–Trinajstić information content (AvgIpc) is 2.50. The second kappa shape index (κ2) is 8.10. The van der Waals surface area contributed by atoms with Crippen molar-refractivity contribution in [2.24, 2.45) is 5.73 Å². The standard InChI is InChI=1S/C16H27N3O/c1-2-20-15-10-6-12-18-16(15)19(13-7-11-17)14-8-4-3-5-9-14/h6,10,12,14H,2-5,7-9,11,13,17H2,1H3. The predicted molar refractivity (Wildman–Crippen MR) is 83.3 cm³/mol. The number of ether oxygens (including phenoxy) is 1. The van der Waals surface area contributed by atoms with E-state index in [1.807, 2.05) is 25.3 Å². The summed E-state index contributed by atoms with van der Waals surface area (Å²) in [6.45, 7) is 4.38. The molecule has 0 aliphatic heterocycles. The number of hydrogen-bond donors (Lipinski definition) is 1. The third kappa shape index (κ3) is 3.85. The van der Waals surface area contributed by atoms with Crippen molar-refractivity contribution in [3.63, 3.8) is 0 Å². The fourth-order valence-corrected chi connectivity index (χ4v) is 2.98. The van der Waals surface area contributed by atoms with Crippen molar-refractivity contribution in [3.05, 3.63) is 18.3 Å². The first-order valence-electron chi connectivity index (χ1n) is 7.91. The molecule has 1 fully saturated rings. The number of aromatic nitrogens is 1. The summed E-state index contributed by atoms with van der Waals surface area (Å²) in [5.74, 6) is 1.90. The van der Waals surface area contributed by atoms with E-state index in [0.29, 0.717) is 12.6 Å². The van der Waals surface area contributed by atoms with Crippen LogP contribution in [0.5, 0.6) is 5.75 Å². The van der Waals surface area contributed by atoms with Crippen LogP contribution in [0.25, 0.3) is 0 Å². The molecule has 1 aromatic rings. The van der Waals surface area contributed by atoms with E-state index in [1.165, 1.54) is 32.1 Å². The van der Waals surface area contributed by atoms with E-state index in [1.54, 1.807) is 0 Å². The molecule has 0 unspecified atom stereocenters. The fourth-order valence-electron chi connectivity index (χ4n) is 2.98. The van der Waals surface area contributed by atoms with Gasteiger partial charge in [0.1, 0.15) is 0 Å². The van der Waals surface area contributed by atoms with Crippen LogP contribution in [-0.4, -0.2) is 30.7 Å². The molecule has 0 saturated heterocycles. The Morgan fingerprint density at radius 3 is 2.85 bits per heavy atom. The highest BCUT2D eigenvalue weighted by molar-refractivity contribution is 5.53. The van der Waals surface area contributed by atoms with Gasteiger partial charge in [-0.2, -0.15) is 0 Å². The third-order valence-electron chi connectivity index (χ3n) is 3.94. The van der Waals surface area contributed by atoms with Crippen LogP contribution in [0.3, 0.4) is 0 Å². The topological polar surface area (TPSA) is 51.4 Å². The zero-order valence-electron chi connectivity index (χ0n) is 12.6. The van der Waals surface area contributed by atoms with Gasteiger partial charge >= 0.3 is 0 Å². The molecule has 4 heteroatoms. The Kier molecular flexibility index (Phi) is 6.12. The molecule has 2 rings (SSSR count). The van der Waals surface area contributed by atoms with Crippen LogP contribution in [0, 0.1) is 0 Å². The molecule has 1 saturated carbocycles. The minimum absolute atomic E-state index is 0.587. The molecule has 4 nitrogen and oxygen atoms in total. The van der Waals surface area contributed by atoms with Gasteiger partial charge in [0.05, 0.1) is 6.61 Å². The minimum atomic E-state index is 0.587. The van der Waals surface area contributed by atoms with Gasteiger partial charge in [-0.05, 0) is 44.9 Å². The highest BCUT2D eigenvalue weighted by atomic mass is 16.5. The smallest absolute Gasteiger partial charge is 0.171 e. The van der Waals surface area contributed by atoms with Crippen LogP contribution in [0.15, 0.2) is 18.3 Å². The van der Waals surface area contributed by atoms with Gasteiger partial charge in [0.15, 0.2) is 11.6 Å². The predicted octanol–water partition coefficient (Wildman–Crippen LogP) is 2.97. The lowest BCUT2D eigenvalue weighted by Gasteiger charge is -2.36. The highest BCUT2D eigenvalue weighted by Crippen LogP contribution is 2.32. The van der Waals surface area contributed by atoms with Crippen LogP contribution in [0.2, 0.25) is 0 Å². The van der Waals surface area contributed by atoms with E-state index in [-0.39, 0.29) is 0 Å². The molecule has 1 aliphatic rings. The van der Waals surface area contributed by atoms with Crippen molar-refractivity contribution in [2.75, 3.05) is 24.6 Å². The first kappa shape index (κ1) is 15.1. The number of hydrogen-bond acceptors (Lipinski definition) is 4. The second-order valence-electron chi connectivity index (χ2n) is 5.39. The molecule has 20 heavy (non-hydrogen) atoms. The quantitative estimate of drug-likeness (QED) is 0.832. The monoisotopic (exact) mass is 277 g/mol. The van der Waals surface area contributed by atoms with Crippen LogP contribution in [-0.2, 0) is 0 Å². The van der Waals surface area contributed by atoms with Crippen molar-refractivity contribution in [1.29, 1.82) is 0 Å². The van der Waals surface area contributed by atoms with E-state index in [9.17, 15) is 0 Å². The lowest BCUT2D eigenvalue weighted by molar-refractivity contribution is 0.335. The SMILES string of the molecule is CCOc1cccnc1N(CCCN)C1CCCCC1. The molecule has 0 spiro atoms. The number of nitrogens with zero attached hydrogens (tertiary/aromatic N) is 2. The van der Waals surface area contributed by atoms with Gasteiger partial charge in [0, 0.05) is 18.8 Å². The van der Waals surface area contributed by atoms with E-state index in [0.717, 1.165) is 31.1 Å². The maximum atomic E-state index is 5.75. The normalized spacial score (nSPS) is 16.1. The number of pyridine rings is 1. The van der Waals surface area contributed by atoms with Gasteiger partial charge in [-0.25, -0.2) is 4.98 Å². The van der Waals surface area contributed by atoms with E-state index in [2.05, 4.69) is 9.88 Å². The molecule has 0 aromatic carbocycles. The summed E-state index contributed by atoms with van der Waals surface area (Å²) in [5, 5.41) is 0. The first-order chi connectivity index (χ1) is 9.86. The van der Waals surface area contributed by atoms with Gasteiger partial charge in [-0.15, -0.1) is 0 Å². The Labute approximate surface area is 122 Å². The summed E-state index contributed by atoms with van der Waals surface area (Å²) < 4.78 is 5.75. The Hall–Kier alpha value is -1.29. The molecule has 1 aliphatic carbocycles. The number of rotatable bonds is 7. The lowest BCUT2D eigenvalue weighted by Crippen LogP contribution is -2.39. The summed E-state index contributed by atoms with van der Waals surface area (Å²) in [6, 6.07) is 4.55. The second-order valence-corrected chi connectivity index (χ2v) is 5.39. The highest BCUT2D eigenvalue weighted by Gasteiger charge is 2.24. The van der Waals surface area contributed by atoms with Gasteiger partial charge in [-0.3, -0.25) is 0 Å². The summed E-state index contributed by atoms with van der Waals surface area (Å²) in [7, 11) is 0. The van der Waals surface area contributed by atoms with Crippen molar-refractivity contribution in [2.45, 2.75) is 51.5 Å². The number of nitrogens with two attached hydrogens (primary N) is 1. The van der Waals surface area contributed by atoms with Gasteiger partial charge < -0.3 is 15.4 Å². The molecule has 0 amide bonds. The van der Waals surface area contributed by atoms with Crippen molar-refractivity contribution in [1.82, 2.24) is 4.98 Å². The molecule has 0 radical (unpaired) electrons. The van der Waals surface area contributed by atoms with E-state index in [4.69, 9.17) is 10.5 Å². The molecule has 0 atom stereocenters. The molecule has 1 aromatic heterocycles. The molecular formula is C16H27N3O. The minimum Gasteiger partial charge on any atom is -0.490 e. The van der Waals surface area contributed by atoms with Crippen LogP contribution in [0.4, 0.5) is 5.82 Å². The van der Waals surface area contributed by atoms with Crippen molar-refractivity contribution >= 4 is 5.82 Å². The van der Waals surface area contributed by atoms with E-state index >= 15 is 0 Å². The summed E-state index contributed by atoms with van der Waals surface area (Å²) in [4.78, 5) is 7.01. The number of anilines is 1. The lowest BCUT2D eigenvalue weighted by atomic mass is 9.94. The third-order valence-corrected chi connectivity index (χ3v) is 3.94. The van der Waals surface area contributed by atoms with Crippen LogP contribution < -0.4 is 15.4 Å². The molecule has 2 N–H and O–H groups in total. The van der Waals surface area contributed by atoms with Crippen LogP contribution in [0.1, 0.15) is 45.4 Å². The van der Waals surface area contributed by atoms with Crippen molar-refractivity contribution < 1.29 is 4.74 Å². The van der Waals surface area contributed by atoms with Crippen molar-refractivity contribution in [3.8, 4) is 5.75 Å². The Balaban J connectivity index is 2.20. The molecule has 0 bridgehead atoms. The summed E-state index contributed by atoms with van der Waals surface area (Å²) in [6.07, 6.45) is 9.37. The largest absolute Gasteiger partial charge is 0.490 e. The maximum Gasteiger partial charge on any atom is 0.171 e.